The van der Waals surface area contributed by atoms with Crippen LogP contribution in [0.3, 0.4) is 0 Å². The molecule has 106 valence electrons. The van der Waals surface area contributed by atoms with E-state index < -0.39 is 6.09 Å². The molecule has 1 aliphatic rings. The Labute approximate surface area is 130 Å². The summed E-state index contributed by atoms with van der Waals surface area (Å²) in [7, 11) is 0. The van der Waals surface area contributed by atoms with Gasteiger partial charge in [-0.25, -0.2) is 4.79 Å². The predicted octanol–water partition coefficient (Wildman–Crippen LogP) is 3.65. The molecule has 0 radical (unpaired) electrons. The predicted molar refractivity (Wildman–Crippen MR) is 83.8 cm³/mol. The normalized spacial score (nSPS) is 20.7. The maximum absolute atomic E-state index is 11.1. The summed E-state index contributed by atoms with van der Waals surface area (Å²) in [5.74, 6) is 0. The molecule has 2 unspecified atom stereocenters. The van der Waals surface area contributed by atoms with Gasteiger partial charge in [-0.3, -0.25) is 0 Å². The first-order chi connectivity index (χ1) is 8.79. The van der Waals surface area contributed by atoms with Gasteiger partial charge >= 0.3 is 6.09 Å². The first kappa shape index (κ1) is 15.1. The fraction of sp³-hybridized carbons (Fsp3) is 0.615. The van der Waals surface area contributed by atoms with Crippen LogP contribution in [0.5, 0.6) is 0 Å². The first-order valence-electron chi connectivity index (χ1n) is 6.18. The van der Waals surface area contributed by atoms with E-state index in [1.807, 2.05) is 20.8 Å². The van der Waals surface area contributed by atoms with Gasteiger partial charge in [-0.05, 0) is 39.6 Å². The Balaban J connectivity index is 2.35. The van der Waals surface area contributed by atoms with E-state index in [2.05, 4.69) is 34.0 Å². The van der Waals surface area contributed by atoms with Crippen molar-refractivity contribution in [3.8, 4) is 0 Å². The number of ether oxygens (including phenoxy) is 1. The monoisotopic (exact) mass is 395 g/mol. The Morgan fingerprint density at radius 1 is 1.63 bits per heavy atom. The van der Waals surface area contributed by atoms with Crippen LogP contribution in [-0.2, 0) is 11.2 Å². The van der Waals surface area contributed by atoms with E-state index in [1.54, 1.807) is 11.3 Å². The van der Waals surface area contributed by atoms with Crippen molar-refractivity contribution >= 4 is 40.0 Å². The lowest BCUT2D eigenvalue weighted by Gasteiger charge is -2.38. The van der Waals surface area contributed by atoms with Gasteiger partial charge < -0.3 is 15.2 Å². The molecule has 0 spiro atoms. The summed E-state index contributed by atoms with van der Waals surface area (Å²) >= 11 is 4.08. The summed E-state index contributed by atoms with van der Waals surface area (Å²) in [5.41, 5.74) is 0.944. The lowest BCUT2D eigenvalue weighted by Crippen LogP contribution is -2.48. The minimum Gasteiger partial charge on any atom is -0.465 e. The van der Waals surface area contributed by atoms with Crippen LogP contribution in [0.2, 0.25) is 0 Å². The summed E-state index contributed by atoms with van der Waals surface area (Å²) in [6.07, 6.45) is -0.274. The molecule has 2 N–H and O–H groups in total. The SMILES string of the molecule is CC(C)(C)C(NC(=O)O)C1OCCc2sc(I)cc21. The van der Waals surface area contributed by atoms with Crippen LogP contribution in [0.15, 0.2) is 6.07 Å². The molecule has 2 heterocycles. The van der Waals surface area contributed by atoms with Crippen molar-refractivity contribution in [1.82, 2.24) is 5.32 Å². The average molecular weight is 395 g/mol. The van der Waals surface area contributed by atoms with E-state index in [1.165, 1.54) is 7.76 Å². The number of halogens is 1. The molecule has 0 fully saturated rings. The Morgan fingerprint density at radius 3 is 2.89 bits per heavy atom. The first-order valence-corrected chi connectivity index (χ1v) is 8.07. The largest absolute Gasteiger partial charge is 0.465 e. The lowest BCUT2D eigenvalue weighted by molar-refractivity contribution is -0.0115. The summed E-state index contributed by atoms with van der Waals surface area (Å²) < 4.78 is 7.11. The van der Waals surface area contributed by atoms with Gasteiger partial charge in [0.05, 0.1) is 15.5 Å². The minimum absolute atomic E-state index is 0.195. The van der Waals surface area contributed by atoms with E-state index in [9.17, 15) is 4.79 Å². The summed E-state index contributed by atoms with van der Waals surface area (Å²) in [4.78, 5) is 12.4. The van der Waals surface area contributed by atoms with Gasteiger partial charge in [0.2, 0.25) is 0 Å². The smallest absolute Gasteiger partial charge is 0.404 e. The number of fused-ring (bicyclic) bond motifs is 1. The van der Waals surface area contributed by atoms with Crippen molar-refractivity contribution < 1.29 is 14.6 Å². The van der Waals surface area contributed by atoms with E-state index in [-0.39, 0.29) is 17.6 Å². The molecule has 0 saturated heterocycles. The van der Waals surface area contributed by atoms with E-state index >= 15 is 0 Å². The number of thiophene rings is 1. The van der Waals surface area contributed by atoms with Crippen LogP contribution < -0.4 is 5.32 Å². The Bertz CT molecular complexity index is 481. The number of rotatable bonds is 2. The van der Waals surface area contributed by atoms with Crippen LogP contribution in [0, 0.1) is 8.30 Å². The molecule has 6 heteroatoms. The fourth-order valence-corrected chi connectivity index (χ4v) is 4.40. The third-order valence-corrected chi connectivity index (χ3v) is 5.23. The summed E-state index contributed by atoms with van der Waals surface area (Å²) in [6.45, 7) is 6.75. The zero-order chi connectivity index (χ0) is 14.2. The highest BCUT2D eigenvalue weighted by molar-refractivity contribution is 14.1. The topological polar surface area (TPSA) is 58.6 Å². The van der Waals surface area contributed by atoms with Crippen LogP contribution in [0.1, 0.15) is 37.3 Å². The molecule has 1 aromatic heterocycles. The third-order valence-electron chi connectivity index (χ3n) is 3.26. The number of carboxylic acid groups (broad SMARTS) is 1. The van der Waals surface area contributed by atoms with Crippen LogP contribution >= 0.6 is 33.9 Å². The highest BCUT2D eigenvalue weighted by Gasteiger charge is 2.38. The second-order valence-corrected chi connectivity index (χ2v) is 8.79. The highest BCUT2D eigenvalue weighted by Crippen LogP contribution is 2.40. The highest BCUT2D eigenvalue weighted by atomic mass is 127. The van der Waals surface area contributed by atoms with Crippen LogP contribution in [0.25, 0.3) is 0 Å². The maximum Gasteiger partial charge on any atom is 0.404 e. The summed E-state index contributed by atoms with van der Waals surface area (Å²) in [6, 6.07) is 1.86. The molecule has 0 aliphatic carbocycles. The van der Waals surface area contributed by atoms with Gasteiger partial charge in [0, 0.05) is 11.3 Å². The van der Waals surface area contributed by atoms with E-state index in [0.29, 0.717) is 6.61 Å². The molecule has 1 amide bonds. The van der Waals surface area contributed by atoms with E-state index in [4.69, 9.17) is 9.84 Å². The molecule has 2 atom stereocenters. The van der Waals surface area contributed by atoms with Crippen molar-refractivity contribution in [2.75, 3.05) is 6.61 Å². The molecule has 1 aliphatic heterocycles. The Kier molecular flexibility index (Phi) is 4.42. The van der Waals surface area contributed by atoms with Crippen molar-refractivity contribution in [2.45, 2.75) is 39.3 Å². The molecule has 0 bridgehead atoms. The number of hydrogen-bond acceptors (Lipinski definition) is 3. The van der Waals surface area contributed by atoms with Gasteiger partial charge in [0.25, 0.3) is 0 Å². The molecular weight excluding hydrogens is 377 g/mol. The molecule has 0 saturated carbocycles. The fourth-order valence-electron chi connectivity index (χ4n) is 2.37. The van der Waals surface area contributed by atoms with Gasteiger partial charge in [-0.15, -0.1) is 11.3 Å². The third kappa shape index (κ3) is 3.41. The lowest BCUT2D eigenvalue weighted by atomic mass is 9.80. The second-order valence-electron chi connectivity index (χ2n) is 5.76. The molecule has 19 heavy (non-hydrogen) atoms. The van der Waals surface area contributed by atoms with Crippen molar-refractivity contribution in [1.29, 1.82) is 0 Å². The van der Waals surface area contributed by atoms with Crippen molar-refractivity contribution in [3.05, 3.63) is 19.4 Å². The number of carbonyl (C=O) groups is 1. The van der Waals surface area contributed by atoms with Crippen molar-refractivity contribution in [2.24, 2.45) is 5.41 Å². The van der Waals surface area contributed by atoms with Gasteiger partial charge in [0.15, 0.2) is 0 Å². The van der Waals surface area contributed by atoms with Crippen LogP contribution in [-0.4, -0.2) is 23.8 Å². The molecule has 0 aromatic carbocycles. The standard InChI is InChI=1S/C13H18INO3S/c1-13(2,3)11(15-12(16)17)10-7-6-9(14)19-8(7)4-5-18-10/h6,10-11,15H,4-5H2,1-3H3,(H,16,17). The van der Waals surface area contributed by atoms with Crippen molar-refractivity contribution in [3.63, 3.8) is 0 Å². The van der Waals surface area contributed by atoms with Gasteiger partial charge in [-0.2, -0.15) is 0 Å². The molecular formula is C13H18INO3S. The maximum atomic E-state index is 11.1. The molecule has 1 aromatic rings. The molecule has 2 rings (SSSR count). The molecule has 4 nitrogen and oxygen atoms in total. The van der Waals surface area contributed by atoms with Gasteiger partial charge in [0.1, 0.15) is 6.10 Å². The number of hydrogen-bond donors (Lipinski definition) is 2. The Morgan fingerprint density at radius 2 is 2.32 bits per heavy atom. The minimum atomic E-state index is -0.999. The zero-order valence-electron chi connectivity index (χ0n) is 11.2. The number of nitrogens with one attached hydrogen (secondary N) is 1. The van der Waals surface area contributed by atoms with Gasteiger partial charge in [-0.1, -0.05) is 20.8 Å². The van der Waals surface area contributed by atoms with Crippen LogP contribution in [0.4, 0.5) is 4.79 Å². The Hall–Kier alpha value is -0.340. The second kappa shape index (κ2) is 5.57. The van der Waals surface area contributed by atoms with E-state index in [0.717, 1.165) is 12.0 Å². The zero-order valence-corrected chi connectivity index (χ0v) is 14.2. The average Bonchev–Trinajstić information content (AvgIpc) is 2.64. The summed E-state index contributed by atoms with van der Waals surface area (Å²) in [5, 5.41) is 11.7. The number of amides is 1. The quantitative estimate of drug-likeness (QED) is 0.752.